The van der Waals surface area contributed by atoms with E-state index in [1.54, 1.807) is 4.90 Å². The van der Waals surface area contributed by atoms with Crippen LogP contribution in [0.15, 0.2) is 18.2 Å². The van der Waals surface area contributed by atoms with Crippen molar-refractivity contribution in [1.82, 2.24) is 10.2 Å². The van der Waals surface area contributed by atoms with E-state index in [2.05, 4.69) is 5.32 Å². The second-order valence-electron chi connectivity index (χ2n) is 5.38. The zero-order valence-corrected chi connectivity index (χ0v) is 10.7. The standard InChI is InChI=1S/C14H16F2N2O/c1-8-5-9-6-17-7-12(9)18(8)14(19)10-3-2-4-11(15)13(10)16/h2-4,8-9,12,17H,5-7H2,1H3. The van der Waals surface area contributed by atoms with Crippen LogP contribution in [0.5, 0.6) is 0 Å². The molecule has 1 aromatic rings. The van der Waals surface area contributed by atoms with Gasteiger partial charge in [0.05, 0.1) is 5.56 Å². The van der Waals surface area contributed by atoms with E-state index >= 15 is 0 Å². The Balaban J connectivity index is 1.93. The maximum Gasteiger partial charge on any atom is 0.257 e. The van der Waals surface area contributed by atoms with Gasteiger partial charge in [-0.2, -0.15) is 0 Å². The zero-order valence-electron chi connectivity index (χ0n) is 10.7. The Morgan fingerprint density at radius 1 is 1.37 bits per heavy atom. The number of nitrogens with zero attached hydrogens (tertiary/aromatic N) is 1. The second kappa shape index (κ2) is 4.56. The number of fused-ring (bicyclic) bond motifs is 1. The molecule has 1 amide bonds. The van der Waals surface area contributed by atoms with E-state index in [4.69, 9.17) is 0 Å². The summed E-state index contributed by atoms with van der Waals surface area (Å²) in [5, 5.41) is 3.25. The summed E-state index contributed by atoms with van der Waals surface area (Å²) in [6.07, 6.45) is 0.917. The Morgan fingerprint density at radius 2 is 2.16 bits per heavy atom. The van der Waals surface area contributed by atoms with Crippen molar-refractivity contribution >= 4 is 5.91 Å². The average molecular weight is 266 g/mol. The molecule has 0 saturated carbocycles. The molecule has 2 fully saturated rings. The zero-order chi connectivity index (χ0) is 13.6. The highest BCUT2D eigenvalue weighted by Crippen LogP contribution is 2.33. The van der Waals surface area contributed by atoms with Crippen LogP contribution >= 0.6 is 0 Å². The summed E-state index contributed by atoms with van der Waals surface area (Å²) in [4.78, 5) is 14.2. The molecule has 2 aliphatic rings. The molecule has 3 rings (SSSR count). The summed E-state index contributed by atoms with van der Waals surface area (Å²) in [5.74, 6) is -2.00. The van der Waals surface area contributed by atoms with Gasteiger partial charge in [0.25, 0.3) is 5.91 Å². The predicted molar refractivity (Wildman–Crippen MR) is 66.8 cm³/mol. The number of carbonyl (C=O) groups excluding carboxylic acids is 1. The van der Waals surface area contributed by atoms with Crippen molar-refractivity contribution in [2.75, 3.05) is 13.1 Å². The van der Waals surface area contributed by atoms with Gasteiger partial charge >= 0.3 is 0 Å². The summed E-state index contributed by atoms with van der Waals surface area (Å²) in [7, 11) is 0. The Bertz CT molecular complexity index is 520. The molecule has 5 heteroatoms. The Morgan fingerprint density at radius 3 is 2.95 bits per heavy atom. The van der Waals surface area contributed by atoms with E-state index in [-0.39, 0.29) is 17.6 Å². The van der Waals surface area contributed by atoms with Crippen LogP contribution in [0.2, 0.25) is 0 Å². The van der Waals surface area contributed by atoms with E-state index in [1.807, 2.05) is 6.92 Å². The van der Waals surface area contributed by atoms with Crippen molar-refractivity contribution in [1.29, 1.82) is 0 Å². The number of hydrogen-bond acceptors (Lipinski definition) is 2. The lowest BCUT2D eigenvalue weighted by Crippen LogP contribution is -2.43. The summed E-state index contributed by atoms with van der Waals surface area (Å²) >= 11 is 0. The monoisotopic (exact) mass is 266 g/mol. The molecule has 2 heterocycles. The largest absolute Gasteiger partial charge is 0.331 e. The highest BCUT2D eigenvalue weighted by molar-refractivity contribution is 5.95. The average Bonchev–Trinajstić information content (AvgIpc) is 2.91. The minimum Gasteiger partial charge on any atom is -0.331 e. The minimum absolute atomic E-state index is 0.0762. The molecule has 19 heavy (non-hydrogen) atoms. The van der Waals surface area contributed by atoms with Crippen LogP contribution in [0.4, 0.5) is 8.78 Å². The molecular formula is C14H16F2N2O. The fourth-order valence-electron chi connectivity index (χ4n) is 3.32. The topological polar surface area (TPSA) is 32.3 Å². The van der Waals surface area contributed by atoms with Gasteiger partial charge in [-0.1, -0.05) is 6.07 Å². The number of benzene rings is 1. The molecule has 2 aliphatic heterocycles. The molecule has 0 aliphatic carbocycles. The van der Waals surface area contributed by atoms with Crippen molar-refractivity contribution in [2.45, 2.75) is 25.4 Å². The molecule has 102 valence electrons. The van der Waals surface area contributed by atoms with Crippen LogP contribution in [-0.2, 0) is 0 Å². The summed E-state index contributed by atoms with van der Waals surface area (Å²) in [6.45, 7) is 3.59. The van der Waals surface area contributed by atoms with E-state index in [9.17, 15) is 13.6 Å². The quantitative estimate of drug-likeness (QED) is 0.840. The van der Waals surface area contributed by atoms with Gasteiger partial charge in [-0.05, 0) is 31.4 Å². The predicted octanol–water partition coefficient (Wildman–Crippen LogP) is 1.79. The molecule has 1 aromatic carbocycles. The van der Waals surface area contributed by atoms with Gasteiger partial charge in [-0.15, -0.1) is 0 Å². The normalized spacial score (nSPS) is 29.6. The molecule has 0 spiro atoms. The van der Waals surface area contributed by atoms with Crippen LogP contribution in [0.3, 0.4) is 0 Å². The SMILES string of the molecule is CC1CC2CNCC2N1C(=O)c1cccc(F)c1F. The third-order valence-electron chi connectivity index (χ3n) is 4.20. The fraction of sp³-hybridized carbons (Fsp3) is 0.500. The van der Waals surface area contributed by atoms with Gasteiger partial charge in [0.15, 0.2) is 11.6 Å². The minimum atomic E-state index is -1.05. The molecule has 0 aromatic heterocycles. The number of halogens is 2. The number of likely N-dealkylation sites (tertiary alicyclic amines) is 1. The summed E-state index contributed by atoms with van der Waals surface area (Å²) in [5.41, 5.74) is -0.167. The van der Waals surface area contributed by atoms with Crippen LogP contribution in [0.1, 0.15) is 23.7 Å². The number of rotatable bonds is 1. The van der Waals surface area contributed by atoms with Gasteiger partial charge in [0.1, 0.15) is 0 Å². The van der Waals surface area contributed by atoms with Gasteiger partial charge in [0, 0.05) is 25.2 Å². The molecule has 3 unspecified atom stereocenters. The molecular weight excluding hydrogens is 250 g/mol. The lowest BCUT2D eigenvalue weighted by Gasteiger charge is -2.27. The number of nitrogens with one attached hydrogen (secondary N) is 1. The fourth-order valence-corrected chi connectivity index (χ4v) is 3.32. The van der Waals surface area contributed by atoms with Crippen LogP contribution in [-0.4, -0.2) is 36.0 Å². The van der Waals surface area contributed by atoms with E-state index in [0.29, 0.717) is 5.92 Å². The number of hydrogen-bond donors (Lipinski definition) is 1. The van der Waals surface area contributed by atoms with Crippen molar-refractivity contribution in [3.63, 3.8) is 0 Å². The van der Waals surface area contributed by atoms with E-state index in [1.165, 1.54) is 12.1 Å². The van der Waals surface area contributed by atoms with E-state index in [0.717, 1.165) is 25.6 Å². The van der Waals surface area contributed by atoms with Crippen molar-refractivity contribution < 1.29 is 13.6 Å². The lowest BCUT2D eigenvalue weighted by molar-refractivity contribution is 0.0676. The van der Waals surface area contributed by atoms with E-state index < -0.39 is 17.5 Å². The first-order chi connectivity index (χ1) is 9.09. The van der Waals surface area contributed by atoms with Crippen LogP contribution in [0.25, 0.3) is 0 Å². The third kappa shape index (κ3) is 1.92. The maximum atomic E-state index is 13.7. The molecule has 3 nitrogen and oxygen atoms in total. The number of amides is 1. The van der Waals surface area contributed by atoms with Crippen molar-refractivity contribution in [3.05, 3.63) is 35.4 Å². The van der Waals surface area contributed by atoms with Crippen LogP contribution in [0, 0.1) is 17.6 Å². The Labute approximate surface area is 110 Å². The molecule has 0 radical (unpaired) electrons. The second-order valence-corrected chi connectivity index (χ2v) is 5.38. The Kier molecular flexibility index (Phi) is 3.01. The Hall–Kier alpha value is -1.49. The summed E-state index contributed by atoms with van der Waals surface area (Å²) in [6, 6.07) is 3.93. The molecule has 2 saturated heterocycles. The first kappa shape index (κ1) is 12.5. The van der Waals surface area contributed by atoms with Gasteiger partial charge < -0.3 is 10.2 Å². The third-order valence-corrected chi connectivity index (χ3v) is 4.20. The highest BCUT2D eigenvalue weighted by Gasteiger charge is 2.44. The smallest absolute Gasteiger partial charge is 0.257 e. The first-order valence-corrected chi connectivity index (χ1v) is 6.57. The van der Waals surface area contributed by atoms with Crippen LogP contribution < -0.4 is 5.32 Å². The van der Waals surface area contributed by atoms with Crippen molar-refractivity contribution in [3.8, 4) is 0 Å². The molecule has 3 atom stereocenters. The van der Waals surface area contributed by atoms with Crippen molar-refractivity contribution in [2.24, 2.45) is 5.92 Å². The highest BCUT2D eigenvalue weighted by atomic mass is 19.2. The number of carbonyl (C=O) groups is 1. The summed E-state index contributed by atoms with van der Waals surface area (Å²) < 4.78 is 27.0. The molecule has 1 N–H and O–H groups in total. The van der Waals surface area contributed by atoms with Gasteiger partial charge in [-0.3, -0.25) is 4.79 Å². The van der Waals surface area contributed by atoms with Gasteiger partial charge in [-0.25, -0.2) is 8.78 Å². The van der Waals surface area contributed by atoms with Gasteiger partial charge in [0.2, 0.25) is 0 Å². The maximum absolute atomic E-state index is 13.7. The first-order valence-electron chi connectivity index (χ1n) is 6.57. The lowest BCUT2D eigenvalue weighted by atomic mass is 10.0. The molecule has 0 bridgehead atoms.